The van der Waals surface area contributed by atoms with Gasteiger partial charge >= 0.3 is 11.9 Å². The zero-order valence-electron chi connectivity index (χ0n) is 11.1. The first kappa shape index (κ1) is 17.3. The summed E-state index contributed by atoms with van der Waals surface area (Å²) in [6.07, 6.45) is -0.695. The number of rotatable bonds is 5. The van der Waals surface area contributed by atoms with E-state index in [4.69, 9.17) is 9.84 Å². The second-order valence-corrected chi connectivity index (χ2v) is 4.30. The van der Waals surface area contributed by atoms with Gasteiger partial charge in [0.1, 0.15) is 6.54 Å². The van der Waals surface area contributed by atoms with E-state index in [0.717, 1.165) is 0 Å². The van der Waals surface area contributed by atoms with Crippen LogP contribution in [0, 0.1) is 0 Å². The number of ether oxygens (including phenoxy) is 1. The minimum Gasteiger partial charge on any atom is -0.481 e. The van der Waals surface area contributed by atoms with E-state index in [-0.39, 0.29) is 6.42 Å². The number of carboxylic acid groups (broad SMARTS) is 1. The van der Waals surface area contributed by atoms with Gasteiger partial charge in [0.25, 0.3) is 0 Å². The third-order valence-corrected chi connectivity index (χ3v) is 1.49. The van der Waals surface area contributed by atoms with Gasteiger partial charge in [-0.05, 0) is 0 Å². The van der Waals surface area contributed by atoms with Crippen molar-refractivity contribution < 1.29 is 23.9 Å². The van der Waals surface area contributed by atoms with E-state index in [0.29, 0.717) is 11.0 Å². The summed E-state index contributed by atoms with van der Waals surface area (Å²) >= 11 is 0. The van der Waals surface area contributed by atoms with Gasteiger partial charge in [-0.25, -0.2) is 0 Å². The first-order valence-corrected chi connectivity index (χ1v) is 5.40. The van der Waals surface area contributed by atoms with E-state index in [9.17, 15) is 9.59 Å². The number of hydrogen-bond donors (Lipinski definition) is 1. The Hall–Kier alpha value is -1.10. The summed E-state index contributed by atoms with van der Waals surface area (Å²) in [6.45, 7) is 5.77. The van der Waals surface area contributed by atoms with Gasteiger partial charge in [0, 0.05) is 6.92 Å². The molecular formula is C11H24NO4+. The molecule has 0 aliphatic heterocycles. The highest BCUT2D eigenvalue weighted by Gasteiger charge is 2.23. The van der Waals surface area contributed by atoms with Crippen molar-refractivity contribution in [2.45, 2.75) is 33.3 Å². The van der Waals surface area contributed by atoms with Crippen LogP contribution >= 0.6 is 0 Å². The first-order chi connectivity index (χ1) is 7.20. The minimum atomic E-state index is -0.954. The molecule has 0 aliphatic rings. The average molecular weight is 234 g/mol. The van der Waals surface area contributed by atoms with Gasteiger partial charge in [0.15, 0.2) is 6.10 Å². The second-order valence-electron chi connectivity index (χ2n) is 4.30. The average Bonchev–Trinajstić information content (AvgIpc) is 2.01. The molecule has 0 rings (SSSR count). The number of quaternary nitrogens is 1. The van der Waals surface area contributed by atoms with Gasteiger partial charge in [0.05, 0.1) is 27.6 Å². The molecule has 96 valence electrons. The molecule has 0 aliphatic carbocycles. The molecular weight excluding hydrogens is 210 g/mol. The van der Waals surface area contributed by atoms with E-state index in [1.165, 1.54) is 6.92 Å². The molecule has 0 radical (unpaired) electrons. The molecule has 1 unspecified atom stereocenters. The van der Waals surface area contributed by atoms with Crippen LogP contribution in [0.1, 0.15) is 27.2 Å². The Morgan fingerprint density at radius 3 is 1.94 bits per heavy atom. The molecule has 0 fully saturated rings. The van der Waals surface area contributed by atoms with Crippen LogP contribution in [-0.2, 0) is 14.3 Å². The van der Waals surface area contributed by atoms with Crippen molar-refractivity contribution in [3.8, 4) is 0 Å². The summed E-state index contributed by atoms with van der Waals surface area (Å²) < 4.78 is 5.46. The van der Waals surface area contributed by atoms with Crippen molar-refractivity contribution in [3.05, 3.63) is 0 Å². The van der Waals surface area contributed by atoms with Gasteiger partial charge < -0.3 is 14.3 Å². The van der Waals surface area contributed by atoms with E-state index < -0.39 is 18.0 Å². The lowest BCUT2D eigenvalue weighted by Gasteiger charge is -2.28. The number of esters is 1. The maximum atomic E-state index is 10.7. The molecule has 0 heterocycles. The van der Waals surface area contributed by atoms with Crippen LogP contribution in [0.4, 0.5) is 0 Å². The molecule has 0 saturated carbocycles. The van der Waals surface area contributed by atoms with Crippen molar-refractivity contribution in [3.63, 3.8) is 0 Å². The van der Waals surface area contributed by atoms with Crippen molar-refractivity contribution in [1.82, 2.24) is 0 Å². The molecule has 5 heteroatoms. The van der Waals surface area contributed by atoms with E-state index in [2.05, 4.69) is 0 Å². The van der Waals surface area contributed by atoms with E-state index >= 15 is 0 Å². The molecule has 1 N–H and O–H groups in total. The van der Waals surface area contributed by atoms with Gasteiger partial charge in [-0.2, -0.15) is 0 Å². The van der Waals surface area contributed by atoms with Crippen LogP contribution < -0.4 is 0 Å². The third-order valence-electron chi connectivity index (χ3n) is 1.49. The van der Waals surface area contributed by atoms with Crippen LogP contribution in [0.3, 0.4) is 0 Å². The highest BCUT2D eigenvalue weighted by molar-refractivity contribution is 5.69. The number of aliphatic carboxylic acids is 1. The fourth-order valence-electron chi connectivity index (χ4n) is 1.18. The molecule has 0 saturated heterocycles. The summed E-state index contributed by atoms with van der Waals surface area (Å²) in [5.41, 5.74) is 0. The normalized spacial score (nSPS) is 12.1. The molecule has 16 heavy (non-hydrogen) atoms. The van der Waals surface area contributed by atoms with Gasteiger partial charge in [-0.15, -0.1) is 0 Å². The van der Waals surface area contributed by atoms with Crippen molar-refractivity contribution in [2.24, 2.45) is 0 Å². The van der Waals surface area contributed by atoms with E-state index in [1.807, 2.05) is 35.0 Å². The summed E-state index contributed by atoms with van der Waals surface area (Å²) in [7, 11) is 5.75. The van der Waals surface area contributed by atoms with Gasteiger partial charge in [-0.3, -0.25) is 9.59 Å². The lowest BCUT2D eigenvalue weighted by molar-refractivity contribution is -0.873. The van der Waals surface area contributed by atoms with Crippen LogP contribution in [0.2, 0.25) is 0 Å². The summed E-state index contributed by atoms with van der Waals surface area (Å²) in [6, 6.07) is 0. The van der Waals surface area contributed by atoms with Crippen LogP contribution in [0.25, 0.3) is 0 Å². The predicted octanol–water partition coefficient (Wildman–Crippen LogP) is 1.13. The molecule has 0 bridgehead atoms. The quantitative estimate of drug-likeness (QED) is 0.572. The molecule has 1 atom stereocenters. The molecule has 0 aromatic carbocycles. The van der Waals surface area contributed by atoms with Crippen molar-refractivity contribution in [1.29, 1.82) is 0 Å². The maximum absolute atomic E-state index is 10.7. The number of carbonyl (C=O) groups excluding carboxylic acids is 1. The van der Waals surface area contributed by atoms with Crippen LogP contribution in [0.15, 0.2) is 0 Å². The molecule has 0 spiro atoms. The Bertz CT molecular complexity index is 205. The first-order valence-electron chi connectivity index (χ1n) is 5.40. The largest absolute Gasteiger partial charge is 0.481 e. The standard InChI is InChI=1S/C9H17NO4.C2H6/c1-7(11)14-8(5-9(12)13)6-10(2,3)4;1-2/h8H,5-6H2,1-4H3;1-2H3/p+1. The highest BCUT2D eigenvalue weighted by Crippen LogP contribution is 2.04. The second kappa shape index (κ2) is 8.10. The maximum Gasteiger partial charge on any atom is 0.307 e. The zero-order valence-corrected chi connectivity index (χ0v) is 11.1. The Labute approximate surface area is 97.6 Å². The predicted molar refractivity (Wildman–Crippen MR) is 62.1 cm³/mol. The Morgan fingerprint density at radius 1 is 1.25 bits per heavy atom. The van der Waals surface area contributed by atoms with Gasteiger partial charge in [-0.1, -0.05) is 13.8 Å². The Kier molecular flexibility index (Phi) is 8.76. The van der Waals surface area contributed by atoms with Crippen LogP contribution in [0.5, 0.6) is 0 Å². The molecule has 0 amide bonds. The Morgan fingerprint density at radius 2 is 1.69 bits per heavy atom. The molecule has 0 aromatic rings. The third kappa shape index (κ3) is 12.9. The summed E-state index contributed by atoms with van der Waals surface area (Å²) in [5.74, 6) is -1.39. The van der Waals surface area contributed by atoms with Crippen molar-refractivity contribution in [2.75, 3.05) is 27.7 Å². The number of likely N-dealkylation sites (N-methyl/N-ethyl adjacent to an activating group) is 1. The fraction of sp³-hybridized carbons (Fsp3) is 0.818. The summed E-state index contributed by atoms with van der Waals surface area (Å²) in [4.78, 5) is 21.2. The molecule has 0 aromatic heterocycles. The van der Waals surface area contributed by atoms with Crippen molar-refractivity contribution >= 4 is 11.9 Å². The number of carbonyl (C=O) groups is 2. The molecule has 5 nitrogen and oxygen atoms in total. The number of nitrogens with zero attached hydrogens (tertiary/aromatic N) is 1. The lowest BCUT2D eigenvalue weighted by Crippen LogP contribution is -2.43. The number of hydrogen-bond acceptors (Lipinski definition) is 3. The van der Waals surface area contributed by atoms with Crippen LogP contribution in [-0.4, -0.2) is 55.3 Å². The van der Waals surface area contributed by atoms with E-state index in [1.54, 1.807) is 0 Å². The summed E-state index contributed by atoms with van der Waals surface area (Å²) in [5, 5.41) is 8.60. The lowest BCUT2D eigenvalue weighted by atomic mass is 10.2. The fourth-order valence-corrected chi connectivity index (χ4v) is 1.18. The highest BCUT2D eigenvalue weighted by atomic mass is 16.5. The van der Waals surface area contributed by atoms with Gasteiger partial charge in [0.2, 0.25) is 0 Å². The SMILES string of the molecule is CC.CC(=O)OC(CC(=O)O)C[N+](C)(C)C. The zero-order chi connectivity index (χ0) is 13.4. The number of carboxylic acids is 1. The minimum absolute atomic E-state index is 0.144. The Balaban J connectivity index is 0. The smallest absolute Gasteiger partial charge is 0.307 e. The topological polar surface area (TPSA) is 63.6 Å². The monoisotopic (exact) mass is 234 g/mol.